The highest BCUT2D eigenvalue weighted by Crippen LogP contribution is 2.29. The molecule has 2 aliphatic heterocycles. The van der Waals surface area contributed by atoms with Gasteiger partial charge >= 0.3 is 0 Å². The van der Waals surface area contributed by atoms with Crippen molar-refractivity contribution in [2.45, 2.75) is 43.9 Å². The van der Waals surface area contributed by atoms with Crippen molar-refractivity contribution in [3.8, 4) is 0 Å². The summed E-state index contributed by atoms with van der Waals surface area (Å²) in [6.07, 6.45) is 3.08. The lowest BCUT2D eigenvalue weighted by molar-refractivity contribution is -0.121. The second-order valence-corrected chi connectivity index (χ2v) is 10.0. The number of carbonyl (C=O) groups excluding carboxylic acids is 3. The molecule has 4 rings (SSSR count). The predicted octanol–water partition coefficient (Wildman–Crippen LogP) is 3.53. The Hall–Kier alpha value is -2.65. The van der Waals surface area contributed by atoms with E-state index >= 15 is 0 Å². The number of amidine groups is 1. The summed E-state index contributed by atoms with van der Waals surface area (Å²) < 4.78 is 0. The molecule has 9 heteroatoms. The molecule has 2 N–H and O–H groups in total. The Labute approximate surface area is 195 Å². The van der Waals surface area contributed by atoms with E-state index in [4.69, 9.17) is 0 Å². The van der Waals surface area contributed by atoms with E-state index in [1.54, 1.807) is 35.6 Å². The molecule has 0 saturated carbocycles. The number of carbonyl (C=O) groups is 3. The van der Waals surface area contributed by atoms with E-state index in [2.05, 4.69) is 32.0 Å². The lowest BCUT2D eigenvalue weighted by atomic mass is 10.1. The Morgan fingerprint density at radius 2 is 1.94 bits per heavy atom. The van der Waals surface area contributed by atoms with Crippen LogP contribution in [0.2, 0.25) is 0 Å². The number of nitrogens with one attached hydrogen (secondary N) is 2. The Balaban J connectivity index is 1.24. The number of thiophene rings is 1. The van der Waals surface area contributed by atoms with Gasteiger partial charge < -0.3 is 15.5 Å². The monoisotopic (exact) mass is 470 g/mol. The quantitative estimate of drug-likeness (QED) is 0.646. The third-order valence-corrected chi connectivity index (χ3v) is 7.35. The van der Waals surface area contributed by atoms with E-state index in [-0.39, 0.29) is 30.2 Å². The highest BCUT2D eigenvalue weighted by atomic mass is 32.2. The molecule has 32 heavy (non-hydrogen) atoms. The van der Waals surface area contributed by atoms with Gasteiger partial charge in [0.25, 0.3) is 11.8 Å². The van der Waals surface area contributed by atoms with Crippen LogP contribution in [0.3, 0.4) is 0 Å². The van der Waals surface area contributed by atoms with Crippen molar-refractivity contribution < 1.29 is 14.4 Å². The molecule has 0 spiro atoms. The van der Waals surface area contributed by atoms with Gasteiger partial charge in [0.1, 0.15) is 5.25 Å². The van der Waals surface area contributed by atoms with Crippen LogP contribution in [-0.4, -0.2) is 52.2 Å². The van der Waals surface area contributed by atoms with Crippen LogP contribution >= 0.6 is 23.1 Å². The lowest BCUT2D eigenvalue weighted by Gasteiger charge is -2.16. The van der Waals surface area contributed by atoms with Gasteiger partial charge in [-0.15, -0.1) is 0 Å². The minimum atomic E-state index is -0.472. The molecule has 3 heterocycles. The van der Waals surface area contributed by atoms with Crippen LogP contribution in [0.1, 0.15) is 42.1 Å². The van der Waals surface area contributed by atoms with Crippen LogP contribution in [0.15, 0.2) is 46.1 Å². The summed E-state index contributed by atoms with van der Waals surface area (Å²) >= 11 is 3.02. The van der Waals surface area contributed by atoms with E-state index in [9.17, 15) is 14.4 Å². The first-order valence-electron chi connectivity index (χ1n) is 10.7. The van der Waals surface area contributed by atoms with Crippen LogP contribution in [0.25, 0.3) is 0 Å². The number of amides is 3. The number of hydrogen-bond acceptors (Lipinski definition) is 6. The van der Waals surface area contributed by atoms with Gasteiger partial charge in [0, 0.05) is 36.8 Å². The van der Waals surface area contributed by atoms with Crippen LogP contribution in [0.5, 0.6) is 0 Å². The molecular weight excluding hydrogens is 444 g/mol. The van der Waals surface area contributed by atoms with E-state index < -0.39 is 5.25 Å². The molecule has 3 amide bonds. The molecular formula is C23H26N4O3S2. The molecule has 2 atom stereocenters. The normalized spacial score (nSPS) is 19.0. The number of likely N-dealkylation sites (tertiary alicyclic amines) is 1. The number of anilines is 1. The number of aliphatic imine (C=N–C) groups is 1. The first-order chi connectivity index (χ1) is 15.5. The summed E-state index contributed by atoms with van der Waals surface area (Å²) in [5.41, 5.74) is 2.33. The van der Waals surface area contributed by atoms with Crippen LogP contribution in [-0.2, 0) is 16.0 Å². The summed E-state index contributed by atoms with van der Waals surface area (Å²) in [7, 11) is 0. The molecule has 2 aromatic rings. The fraction of sp³-hybridized carbons (Fsp3) is 0.391. The molecule has 0 aliphatic carbocycles. The standard InChI is InChI=1S/C23H26N4O3S2/c1-15(12-16-8-11-31-14-16)24-21(29)17-4-6-18(7-5-17)25-20(28)13-19-22(30)26-23(32-19)27-9-2-3-10-27/h4-8,11,14-15,19H,2-3,9-10,12-13H2,1H3,(H,24,29)(H,25,28). The molecule has 1 aromatic carbocycles. The largest absolute Gasteiger partial charge is 0.351 e. The third-order valence-electron chi connectivity index (χ3n) is 5.41. The molecule has 2 aliphatic rings. The first-order valence-corrected chi connectivity index (χ1v) is 12.6. The summed E-state index contributed by atoms with van der Waals surface area (Å²) in [6.45, 7) is 3.82. The number of hydrogen-bond donors (Lipinski definition) is 2. The minimum absolute atomic E-state index is 0.0191. The number of rotatable bonds is 7. The Morgan fingerprint density at radius 3 is 2.62 bits per heavy atom. The van der Waals surface area contributed by atoms with Gasteiger partial charge in [-0.1, -0.05) is 11.8 Å². The van der Waals surface area contributed by atoms with Crippen molar-refractivity contribution in [2.75, 3.05) is 18.4 Å². The Morgan fingerprint density at radius 1 is 1.19 bits per heavy atom. The van der Waals surface area contributed by atoms with Crippen LogP contribution < -0.4 is 10.6 Å². The first kappa shape index (κ1) is 22.5. The highest BCUT2D eigenvalue weighted by molar-refractivity contribution is 8.15. The van der Waals surface area contributed by atoms with Crippen molar-refractivity contribution >= 4 is 51.7 Å². The second-order valence-electron chi connectivity index (χ2n) is 8.07. The van der Waals surface area contributed by atoms with Gasteiger partial charge in [-0.25, -0.2) is 0 Å². The van der Waals surface area contributed by atoms with Crippen molar-refractivity contribution in [3.05, 3.63) is 52.2 Å². The van der Waals surface area contributed by atoms with Crippen molar-refractivity contribution in [3.63, 3.8) is 0 Å². The van der Waals surface area contributed by atoms with Gasteiger partial charge in [0.2, 0.25) is 5.91 Å². The van der Waals surface area contributed by atoms with E-state index in [0.29, 0.717) is 11.3 Å². The van der Waals surface area contributed by atoms with Gasteiger partial charge in [-0.2, -0.15) is 16.3 Å². The third kappa shape index (κ3) is 5.77. The van der Waals surface area contributed by atoms with Crippen LogP contribution in [0.4, 0.5) is 5.69 Å². The molecule has 7 nitrogen and oxygen atoms in total. The van der Waals surface area contributed by atoms with Crippen molar-refractivity contribution in [1.82, 2.24) is 10.2 Å². The molecule has 0 bridgehead atoms. The highest BCUT2D eigenvalue weighted by Gasteiger charge is 2.33. The van der Waals surface area contributed by atoms with Gasteiger partial charge in [0.05, 0.1) is 0 Å². The Kier molecular flexibility index (Phi) is 7.26. The number of nitrogens with zero attached hydrogens (tertiary/aromatic N) is 2. The van der Waals surface area contributed by atoms with E-state index in [0.717, 1.165) is 37.5 Å². The topological polar surface area (TPSA) is 90.9 Å². The molecule has 1 saturated heterocycles. The number of thioether (sulfide) groups is 1. The summed E-state index contributed by atoms with van der Waals surface area (Å²) in [5.74, 6) is -0.629. The summed E-state index contributed by atoms with van der Waals surface area (Å²) in [4.78, 5) is 43.3. The summed E-state index contributed by atoms with van der Waals surface area (Å²) in [5, 5.41) is 10.2. The van der Waals surface area contributed by atoms with Crippen LogP contribution in [0, 0.1) is 0 Å². The zero-order valence-corrected chi connectivity index (χ0v) is 19.5. The fourth-order valence-electron chi connectivity index (χ4n) is 3.76. The maximum Gasteiger partial charge on any atom is 0.262 e. The predicted molar refractivity (Wildman–Crippen MR) is 129 cm³/mol. The molecule has 2 unspecified atom stereocenters. The molecule has 1 fully saturated rings. The average Bonchev–Trinajstić information content (AvgIpc) is 3.52. The Bertz CT molecular complexity index is 999. The van der Waals surface area contributed by atoms with E-state index in [1.807, 2.05) is 12.3 Å². The fourth-order valence-corrected chi connectivity index (χ4v) is 5.56. The van der Waals surface area contributed by atoms with E-state index in [1.165, 1.54) is 17.3 Å². The SMILES string of the molecule is CC(Cc1ccsc1)NC(=O)c1ccc(NC(=O)CC2SC(N3CCCC3)=NC2=O)cc1. The number of benzene rings is 1. The summed E-state index contributed by atoms with van der Waals surface area (Å²) in [6, 6.07) is 8.85. The van der Waals surface area contributed by atoms with Crippen molar-refractivity contribution in [1.29, 1.82) is 0 Å². The lowest BCUT2D eigenvalue weighted by Crippen LogP contribution is -2.33. The molecule has 168 valence electrons. The smallest absolute Gasteiger partial charge is 0.262 e. The van der Waals surface area contributed by atoms with Gasteiger partial charge in [-0.05, 0) is 72.8 Å². The zero-order valence-electron chi connectivity index (χ0n) is 17.9. The molecule has 0 radical (unpaired) electrons. The maximum absolute atomic E-state index is 12.5. The van der Waals surface area contributed by atoms with Gasteiger partial charge in [-0.3, -0.25) is 14.4 Å². The second kappa shape index (κ2) is 10.3. The molecule has 1 aromatic heterocycles. The maximum atomic E-state index is 12.5. The average molecular weight is 471 g/mol. The zero-order chi connectivity index (χ0) is 22.5. The van der Waals surface area contributed by atoms with Gasteiger partial charge in [0.15, 0.2) is 5.17 Å². The minimum Gasteiger partial charge on any atom is -0.351 e. The van der Waals surface area contributed by atoms with Crippen molar-refractivity contribution in [2.24, 2.45) is 4.99 Å².